The average molecular weight is 369 g/mol. The van der Waals surface area contributed by atoms with Crippen LogP contribution in [0.5, 0.6) is 0 Å². The van der Waals surface area contributed by atoms with Crippen molar-refractivity contribution in [1.82, 2.24) is 20.4 Å². The Morgan fingerprint density at radius 3 is 2.70 bits per heavy atom. The van der Waals surface area contributed by atoms with Crippen LogP contribution < -0.4 is 10.2 Å². The van der Waals surface area contributed by atoms with Crippen LogP contribution in [-0.2, 0) is 11.3 Å². The molecule has 0 aliphatic carbocycles. The lowest BCUT2D eigenvalue weighted by molar-refractivity contribution is -0.125. The number of hydrogen-bond donors (Lipinski definition) is 1. The minimum Gasteiger partial charge on any atom is -0.422 e. The second-order valence-electron chi connectivity index (χ2n) is 7.05. The Balaban J connectivity index is 1.34. The van der Waals surface area contributed by atoms with Gasteiger partial charge in [0, 0.05) is 36.8 Å². The van der Waals surface area contributed by atoms with Crippen LogP contribution in [0.1, 0.15) is 35.6 Å². The summed E-state index contributed by atoms with van der Waals surface area (Å²) < 4.78 is 11.0. The van der Waals surface area contributed by atoms with Gasteiger partial charge >= 0.3 is 0 Å². The summed E-state index contributed by atoms with van der Waals surface area (Å²) in [6.07, 6.45) is 1.53. The number of piperidine rings is 1. The molecule has 27 heavy (non-hydrogen) atoms. The zero-order valence-corrected chi connectivity index (χ0v) is 15.8. The number of oxazole rings is 1. The highest BCUT2D eigenvalue weighted by atomic mass is 16.5. The van der Waals surface area contributed by atoms with Crippen LogP contribution in [0.2, 0.25) is 0 Å². The van der Waals surface area contributed by atoms with Crippen LogP contribution in [0.4, 0.5) is 6.01 Å². The maximum Gasteiger partial charge on any atom is 0.299 e. The summed E-state index contributed by atoms with van der Waals surface area (Å²) in [4.78, 5) is 23.5. The molecular weight excluding hydrogens is 346 g/mol. The molecule has 1 aliphatic heterocycles. The quantitative estimate of drug-likeness (QED) is 0.755. The second-order valence-corrected chi connectivity index (χ2v) is 7.05. The molecule has 3 aromatic rings. The third-order valence-electron chi connectivity index (χ3n) is 5.14. The highest BCUT2D eigenvalue weighted by Crippen LogP contribution is 2.26. The lowest BCUT2D eigenvalue weighted by Crippen LogP contribution is -2.40. The van der Waals surface area contributed by atoms with Crippen LogP contribution in [0.15, 0.2) is 21.1 Å². The number of carbonyl (C=O) groups is 1. The zero-order chi connectivity index (χ0) is 19.0. The SMILES string of the molecule is Cc1ccc2oc(N3CCC(C(=O)NCc4c(C)noc4C)CC3)nc2n1. The summed E-state index contributed by atoms with van der Waals surface area (Å²) in [5, 5.41) is 6.93. The highest BCUT2D eigenvalue weighted by Gasteiger charge is 2.27. The van der Waals surface area contributed by atoms with E-state index in [1.165, 1.54) is 0 Å². The van der Waals surface area contributed by atoms with Gasteiger partial charge in [0.25, 0.3) is 6.01 Å². The Labute approximate surface area is 156 Å². The fraction of sp³-hybridized carbons (Fsp3) is 0.474. The van der Waals surface area contributed by atoms with Gasteiger partial charge in [-0.1, -0.05) is 5.16 Å². The molecule has 142 valence electrons. The molecule has 8 heteroatoms. The molecule has 1 amide bonds. The molecule has 1 saturated heterocycles. The first-order valence-corrected chi connectivity index (χ1v) is 9.20. The number of hydrogen-bond acceptors (Lipinski definition) is 7. The van der Waals surface area contributed by atoms with Gasteiger partial charge in [0.05, 0.1) is 5.69 Å². The largest absolute Gasteiger partial charge is 0.422 e. The molecule has 0 atom stereocenters. The lowest BCUT2D eigenvalue weighted by atomic mass is 9.96. The van der Waals surface area contributed by atoms with E-state index < -0.39 is 0 Å². The Bertz CT molecular complexity index is 950. The van der Waals surface area contributed by atoms with Crippen molar-refractivity contribution >= 4 is 23.2 Å². The molecule has 0 unspecified atom stereocenters. The smallest absolute Gasteiger partial charge is 0.299 e. The summed E-state index contributed by atoms with van der Waals surface area (Å²) in [5.74, 6) is 0.818. The standard InChI is InChI=1S/C19H23N5O3/c1-11-4-5-16-17(21-11)22-19(26-16)24-8-6-14(7-9-24)18(25)20-10-15-12(2)23-27-13(15)3/h4-5,14H,6-10H2,1-3H3,(H,20,25). The number of anilines is 1. The maximum absolute atomic E-state index is 12.5. The monoisotopic (exact) mass is 369 g/mol. The number of rotatable bonds is 4. The van der Waals surface area contributed by atoms with E-state index in [4.69, 9.17) is 8.94 Å². The molecule has 3 aromatic heterocycles. The molecule has 4 rings (SSSR count). The minimum atomic E-state index is -0.00790. The van der Waals surface area contributed by atoms with Crippen molar-refractivity contribution in [2.75, 3.05) is 18.0 Å². The van der Waals surface area contributed by atoms with Crippen molar-refractivity contribution in [3.63, 3.8) is 0 Å². The highest BCUT2D eigenvalue weighted by molar-refractivity contribution is 5.79. The summed E-state index contributed by atoms with van der Waals surface area (Å²) in [5.41, 5.74) is 4.01. The van der Waals surface area contributed by atoms with Crippen LogP contribution in [-0.4, -0.2) is 34.1 Å². The molecule has 0 bridgehead atoms. The fourth-order valence-electron chi connectivity index (χ4n) is 3.44. The third-order valence-corrected chi connectivity index (χ3v) is 5.14. The fourth-order valence-corrected chi connectivity index (χ4v) is 3.44. The summed E-state index contributed by atoms with van der Waals surface area (Å²) in [6, 6.07) is 4.38. The van der Waals surface area contributed by atoms with Gasteiger partial charge in [0.2, 0.25) is 11.6 Å². The molecule has 1 aliphatic rings. The van der Waals surface area contributed by atoms with Crippen molar-refractivity contribution in [3.8, 4) is 0 Å². The van der Waals surface area contributed by atoms with E-state index in [-0.39, 0.29) is 11.8 Å². The minimum absolute atomic E-state index is 0.00790. The van der Waals surface area contributed by atoms with Crippen molar-refractivity contribution in [2.45, 2.75) is 40.2 Å². The normalized spacial score (nSPS) is 15.4. The van der Waals surface area contributed by atoms with Gasteiger partial charge in [-0.15, -0.1) is 0 Å². The predicted molar refractivity (Wildman–Crippen MR) is 99.3 cm³/mol. The molecule has 1 fully saturated rings. The Morgan fingerprint density at radius 2 is 2.00 bits per heavy atom. The Hall–Kier alpha value is -2.90. The average Bonchev–Trinajstić information content (AvgIpc) is 3.23. The van der Waals surface area contributed by atoms with E-state index >= 15 is 0 Å². The van der Waals surface area contributed by atoms with E-state index in [9.17, 15) is 4.79 Å². The maximum atomic E-state index is 12.5. The van der Waals surface area contributed by atoms with Gasteiger partial charge in [-0.05, 0) is 45.7 Å². The van der Waals surface area contributed by atoms with Crippen LogP contribution in [0.25, 0.3) is 11.2 Å². The van der Waals surface area contributed by atoms with Gasteiger partial charge < -0.3 is 19.2 Å². The van der Waals surface area contributed by atoms with Gasteiger partial charge in [-0.25, -0.2) is 4.98 Å². The molecule has 0 aromatic carbocycles. The summed E-state index contributed by atoms with van der Waals surface area (Å²) >= 11 is 0. The van der Waals surface area contributed by atoms with Gasteiger partial charge in [0.15, 0.2) is 5.58 Å². The van der Waals surface area contributed by atoms with Crippen LogP contribution in [0.3, 0.4) is 0 Å². The summed E-state index contributed by atoms with van der Waals surface area (Å²) in [6.45, 7) is 7.59. The second kappa shape index (κ2) is 7.02. The molecule has 4 heterocycles. The number of fused-ring (bicyclic) bond motifs is 1. The van der Waals surface area contributed by atoms with Crippen molar-refractivity contribution < 1.29 is 13.7 Å². The number of carbonyl (C=O) groups excluding carboxylic acids is 1. The lowest BCUT2D eigenvalue weighted by Gasteiger charge is -2.30. The molecule has 8 nitrogen and oxygen atoms in total. The van der Waals surface area contributed by atoms with E-state index in [1.807, 2.05) is 32.9 Å². The first-order valence-electron chi connectivity index (χ1n) is 9.20. The van der Waals surface area contributed by atoms with Crippen LogP contribution >= 0.6 is 0 Å². The molecule has 0 saturated carbocycles. The number of pyridine rings is 1. The van der Waals surface area contributed by atoms with E-state index in [0.29, 0.717) is 23.8 Å². The first-order chi connectivity index (χ1) is 13.0. The predicted octanol–water partition coefficient (Wildman–Crippen LogP) is 2.67. The van der Waals surface area contributed by atoms with Crippen molar-refractivity contribution in [1.29, 1.82) is 0 Å². The van der Waals surface area contributed by atoms with Gasteiger partial charge in [0.1, 0.15) is 5.76 Å². The molecular formula is C19H23N5O3. The van der Waals surface area contributed by atoms with Crippen molar-refractivity contribution in [3.05, 3.63) is 34.8 Å². The zero-order valence-electron chi connectivity index (χ0n) is 15.8. The van der Waals surface area contributed by atoms with Crippen molar-refractivity contribution in [2.24, 2.45) is 5.92 Å². The Morgan fingerprint density at radius 1 is 1.22 bits per heavy atom. The number of nitrogens with zero attached hydrogens (tertiary/aromatic N) is 4. The first kappa shape index (κ1) is 17.5. The van der Waals surface area contributed by atoms with Gasteiger partial charge in [-0.2, -0.15) is 4.98 Å². The topological polar surface area (TPSA) is 97.3 Å². The Kier molecular flexibility index (Phi) is 4.55. The van der Waals surface area contributed by atoms with Crippen LogP contribution in [0, 0.1) is 26.7 Å². The molecule has 0 spiro atoms. The number of amides is 1. The number of aryl methyl sites for hydroxylation is 3. The van der Waals surface area contributed by atoms with E-state index in [2.05, 4.69) is 25.3 Å². The van der Waals surface area contributed by atoms with Gasteiger partial charge in [-0.3, -0.25) is 4.79 Å². The number of aromatic nitrogens is 3. The molecule has 0 radical (unpaired) electrons. The van der Waals surface area contributed by atoms with E-state index in [0.717, 1.165) is 48.6 Å². The van der Waals surface area contributed by atoms with E-state index in [1.54, 1.807) is 0 Å². The number of nitrogens with one attached hydrogen (secondary N) is 1. The summed E-state index contributed by atoms with van der Waals surface area (Å²) in [7, 11) is 0. The third kappa shape index (κ3) is 3.51. The molecule has 1 N–H and O–H groups in total.